The van der Waals surface area contributed by atoms with Crippen molar-refractivity contribution in [1.82, 2.24) is 10.2 Å². The van der Waals surface area contributed by atoms with Crippen LogP contribution in [0.2, 0.25) is 0 Å². The van der Waals surface area contributed by atoms with E-state index in [1.54, 1.807) is 18.2 Å². The highest BCUT2D eigenvalue weighted by Crippen LogP contribution is 2.23. The minimum atomic E-state index is -4.39. The van der Waals surface area contributed by atoms with Crippen LogP contribution in [0.25, 0.3) is 0 Å². The third-order valence-corrected chi connectivity index (χ3v) is 4.43. The van der Waals surface area contributed by atoms with Gasteiger partial charge in [0.05, 0.1) is 19.6 Å². The molecule has 0 saturated carbocycles. The number of nitrogens with zero attached hydrogens (tertiary/aromatic N) is 2. The Bertz CT molecular complexity index is 672. The first-order valence-electron chi connectivity index (χ1n) is 9.22. The number of halogens is 3. The fraction of sp³-hybridized carbons (Fsp3) is 0.579. The molecule has 28 heavy (non-hydrogen) atoms. The van der Waals surface area contributed by atoms with E-state index in [9.17, 15) is 18.0 Å². The lowest BCUT2D eigenvalue weighted by atomic mass is 9.97. The van der Waals surface area contributed by atoms with Crippen molar-refractivity contribution in [2.24, 2.45) is 10.9 Å². The molecule has 1 aliphatic rings. The lowest BCUT2D eigenvalue weighted by Gasteiger charge is -2.33. The molecule has 156 valence electrons. The van der Waals surface area contributed by atoms with Gasteiger partial charge in [-0.2, -0.15) is 13.2 Å². The lowest BCUT2D eigenvalue weighted by molar-refractivity contribution is -0.153. The van der Waals surface area contributed by atoms with Gasteiger partial charge < -0.3 is 19.7 Å². The maximum absolute atomic E-state index is 12.4. The van der Waals surface area contributed by atoms with Gasteiger partial charge in [-0.3, -0.25) is 4.79 Å². The van der Waals surface area contributed by atoms with E-state index in [1.807, 2.05) is 11.8 Å². The van der Waals surface area contributed by atoms with Crippen molar-refractivity contribution in [2.45, 2.75) is 32.5 Å². The number of para-hydroxylation sites is 1. The molecule has 1 aliphatic heterocycles. The number of methoxy groups -OCH3 is 1. The zero-order valence-corrected chi connectivity index (χ0v) is 16.1. The molecule has 1 saturated heterocycles. The second-order valence-corrected chi connectivity index (χ2v) is 6.47. The van der Waals surface area contributed by atoms with Gasteiger partial charge in [-0.1, -0.05) is 18.2 Å². The molecule has 0 amide bonds. The summed E-state index contributed by atoms with van der Waals surface area (Å²) in [4.78, 5) is 18.3. The second-order valence-electron chi connectivity index (χ2n) is 6.47. The van der Waals surface area contributed by atoms with Gasteiger partial charge in [-0.05, 0) is 25.8 Å². The molecule has 0 aliphatic carbocycles. The molecule has 1 aromatic carbocycles. The molecular formula is C19H26F3N3O3. The number of nitrogens with one attached hydrogen (secondary N) is 1. The zero-order valence-electron chi connectivity index (χ0n) is 16.1. The number of carbonyl (C=O) groups is 1. The van der Waals surface area contributed by atoms with E-state index in [2.05, 4.69) is 10.3 Å². The maximum atomic E-state index is 12.4. The third-order valence-electron chi connectivity index (χ3n) is 4.43. The zero-order chi connectivity index (χ0) is 20.6. The summed E-state index contributed by atoms with van der Waals surface area (Å²) < 4.78 is 47.0. The van der Waals surface area contributed by atoms with Gasteiger partial charge >= 0.3 is 12.1 Å². The van der Waals surface area contributed by atoms with Gasteiger partial charge in [0.1, 0.15) is 5.75 Å². The van der Waals surface area contributed by atoms with Crippen LogP contribution in [-0.4, -0.2) is 56.4 Å². The van der Waals surface area contributed by atoms with E-state index in [0.717, 1.165) is 0 Å². The minimum absolute atomic E-state index is 0.111. The fourth-order valence-electron chi connectivity index (χ4n) is 3.01. The van der Waals surface area contributed by atoms with Crippen LogP contribution in [0.3, 0.4) is 0 Å². The van der Waals surface area contributed by atoms with Crippen molar-refractivity contribution < 1.29 is 27.4 Å². The topological polar surface area (TPSA) is 63.2 Å². The predicted molar refractivity (Wildman–Crippen MR) is 99.1 cm³/mol. The predicted octanol–water partition coefficient (Wildman–Crippen LogP) is 2.98. The number of piperidine rings is 1. The molecule has 6 nitrogen and oxygen atoms in total. The third kappa shape index (κ3) is 6.61. The molecule has 0 aromatic heterocycles. The Morgan fingerprint density at radius 2 is 1.96 bits per heavy atom. The quantitative estimate of drug-likeness (QED) is 0.451. The van der Waals surface area contributed by atoms with E-state index < -0.39 is 12.8 Å². The normalized spacial score (nSPS) is 16.0. The number of esters is 1. The molecule has 0 unspecified atom stereocenters. The standard InChI is InChI=1S/C19H26F3N3O3/c1-3-23-18(25-10-8-14(9-11-25)17(26)27-2)24-12-15-6-4-5-7-16(15)28-13-19(20,21)22/h4-7,14H,3,8-13H2,1-2H3,(H,23,24). The van der Waals surface area contributed by atoms with Gasteiger partial charge in [0, 0.05) is 25.2 Å². The Morgan fingerprint density at radius 1 is 1.29 bits per heavy atom. The Balaban J connectivity index is 2.04. The number of carbonyl (C=O) groups excluding carboxylic acids is 1. The van der Waals surface area contributed by atoms with Crippen LogP contribution in [0.4, 0.5) is 13.2 Å². The SMILES string of the molecule is CCNC(=NCc1ccccc1OCC(F)(F)F)N1CCC(C(=O)OC)CC1. The average molecular weight is 401 g/mol. The molecular weight excluding hydrogens is 375 g/mol. The van der Waals surface area contributed by atoms with E-state index >= 15 is 0 Å². The van der Waals surface area contributed by atoms with Crippen LogP contribution in [0, 0.1) is 5.92 Å². The largest absolute Gasteiger partial charge is 0.484 e. The molecule has 0 atom stereocenters. The summed E-state index contributed by atoms with van der Waals surface area (Å²) >= 11 is 0. The van der Waals surface area contributed by atoms with Gasteiger partial charge in [-0.25, -0.2) is 4.99 Å². The number of alkyl halides is 3. The summed E-state index contributed by atoms with van der Waals surface area (Å²) in [5.74, 6) is 0.526. The van der Waals surface area contributed by atoms with Crippen LogP contribution in [0.1, 0.15) is 25.3 Å². The smallest absolute Gasteiger partial charge is 0.422 e. The van der Waals surface area contributed by atoms with E-state index in [0.29, 0.717) is 44.0 Å². The Kier molecular flexibility index (Phi) is 7.95. The number of guanidine groups is 1. The molecule has 1 heterocycles. The Labute approximate surface area is 162 Å². The summed E-state index contributed by atoms with van der Waals surface area (Å²) in [6.45, 7) is 2.75. The molecule has 0 spiro atoms. The summed E-state index contributed by atoms with van der Waals surface area (Å²) in [5.41, 5.74) is 0.576. The van der Waals surface area contributed by atoms with Crippen molar-refractivity contribution in [3.63, 3.8) is 0 Å². The Hall–Kier alpha value is -2.45. The molecule has 1 N–H and O–H groups in total. The molecule has 1 fully saturated rings. The van der Waals surface area contributed by atoms with Gasteiger partial charge in [0.25, 0.3) is 0 Å². The monoisotopic (exact) mass is 401 g/mol. The van der Waals surface area contributed by atoms with Gasteiger partial charge in [0.2, 0.25) is 0 Å². The highest BCUT2D eigenvalue weighted by atomic mass is 19.4. The van der Waals surface area contributed by atoms with Crippen LogP contribution in [0.15, 0.2) is 29.3 Å². The number of hydrogen-bond donors (Lipinski definition) is 1. The highest BCUT2D eigenvalue weighted by Gasteiger charge is 2.29. The lowest BCUT2D eigenvalue weighted by Crippen LogP contribution is -2.46. The first-order valence-corrected chi connectivity index (χ1v) is 9.22. The van der Waals surface area contributed by atoms with Gasteiger partial charge in [-0.15, -0.1) is 0 Å². The number of likely N-dealkylation sites (tertiary alicyclic amines) is 1. The number of aliphatic imine (C=N–C) groups is 1. The second kappa shape index (κ2) is 10.2. The molecule has 0 radical (unpaired) electrons. The van der Waals surface area contributed by atoms with Crippen molar-refractivity contribution in [3.05, 3.63) is 29.8 Å². The van der Waals surface area contributed by atoms with E-state index in [4.69, 9.17) is 9.47 Å². The first-order chi connectivity index (χ1) is 13.3. The van der Waals surface area contributed by atoms with Crippen LogP contribution in [0.5, 0.6) is 5.75 Å². The van der Waals surface area contributed by atoms with E-state index in [1.165, 1.54) is 13.2 Å². The molecule has 0 bridgehead atoms. The van der Waals surface area contributed by atoms with Crippen LogP contribution >= 0.6 is 0 Å². The molecule has 9 heteroatoms. The Morgan fingerprint density at radius 3 is 2.57 bits per heavy atom. The number of benzene rings is 1. The number of ether oxygens (including phenoxy) is 2. The van der Waals surface area contributed by atoms with Crippen molar-refractivity contribution >= 4 is 11.9 Å². The fourth-order valence-corrected chi connectivity index (χ4v) is 3.01. The number of rotatable bonds is 6. The summed E-state index contributed by atoms with van der Waals surface area (Å²) in [7, 11) is 1.39. The number of hydrogen-bond acceptors (Lipinski definition) is 4. The maximum Gasteiger partial charge on any atom is 0.422 e. The summed E-state index contributed by atoms with van der Waals surface area (Å²) in [6.07, 6.45) is -3.06. The average Bonchev–Trinajstić information content (AvgIpc) is 2.69. The van der Waals surface area contributed by atoms with Crippen molar-refractivity contribution in [2.75, 3.05) is 33.4 Å². The first kappa shape index (κ1) is 21.8. The highest BCUT2D eigenvalue weighted by molar-refractivity contribution is 5.80. The van der Waals surface area contributed by atoms with Crippen molar-refractivity contribution in [3.8, 4) is 5.75 Å². The summed E-state index contributed by atoms with van der Waals surface area (Å²) in [5, 5.41) is 3.20. The molecule has 2 rings (SSSR count). The molecule has 1 aromatic rings. The van der Waals surface area contributed by atoms with E-state index in [-0.39, 0.29) is 24.2 Å². The van der Waals surface area contributed by atoms with Crippen LogP contribution in [-0.2, 0) is 16.1 Å². The van der Waals surface area contributed by atoms with Gasteiger partial charge in [0.15, 0.2) is 12.6 Å². The van der Waals surface area contributed by atoms with Crippen LogP contribution < -0.4 is 10.1 Å². The summed E-state index contributed by atoms with van der Waals surface area (Å²) in [6, 6.07) is 6.56. The van der Waals surface area contributed by atoms with Crippen molar-refractivity contribution in [1.29, 1.82) is 0 Å². The minimum Gasteiger partial charge on any atom is -0.484 e.